The Bertz CT molecular complexity index is 766. The molecule has 22 heavy (non-hydrogen) atoms. The number of hydrogen-bond acceptors (Lipinski definition) is 6. The lowest BCUT2D eigenvalue weighted by Gasteiger charge is -2.38. The number of aryl methyl sites for hydroxylation is 2. The molecular weight excluding hydrogens is 308 g/mol. The molecule has 0 aromatic carbocycles. The minimum atomic E-state index is -3.33. The summed E-state index contributed by atoms with van der Waals surface area (Å²) in [6.07, 6.45) is 1.44. The average molecular weight is 324 g/mol. The van der Waals surface area contributed by atoms with E-state index >= 15 is 0 Å². The van der Waals surface area contributed by atoms with Gasteiger partial charge < -0.3 is 13.8 Å². The number of nitrogens with zero attached hydrogens (tertiary/aromatic N) is 2. The first kappa shape index (κ1) is 14.8. The molecule has 0 spiro atoms. The predicted molar refractivity (Wildman–Crippen MR) is 77.0 cm³/mol. The molecule has 1 amide bonds. The van der Waals surface area contributed by atoms with Crippen LogP contribution in [0.25, 0.3) is 0 Å². The molecule has 0 radical (unpaired) electrons. The summed E-state index contributed by atoms with van der Waals surface area (Å²) in [6, 6.07) is 3.28. The topological polar surface area (TPSA) is 93.6 Å². The van der Waals surface area contributed by atoms with Crippen LogP contribution in [0.15, 0.2) is 27.3 Å². The maximum absolute atomic E-state index is 12.3. The summed E-state index contributed by atoms with van der Waals surface area (Å²) >= 11 is 0. The Kier molecular flexibility index (Phi) is 3.56. The van der Waals surface area contributed by atoms with Crippen molar-refractivity contribution in [3.63, 3.8) is 0 Å². The molecule has 1 fully saturated rings. The largest absolute Gasteiger partial charge is 0.468 e. The molecule has 1 aliphatic heterocycles. The van der Waals surface area contributed by atoms with Gasteiger partial charge in [-0.2, -0.15) is 0 Å². The fourth-order valence-electron chi connectivity index (χ4n) is 2.49. The predicted octanol–water partition coefficient (Wildman–Crippen LogP) is 1.32. The molecule has 1 saturated heterocycles. The van der Waals surface area contributed by atoms with E-state index in [4.69, 9.17) is 8.94 Å². The highest BCUT2D eigenvalue weighted by molar-refractivity contribution is 7.91. The zero-order chi connectivity index (χ0) is 15.9. The Morgan fingerprint density at radius 2 is 2.14 bits per heavy atom. The van der Waals surface area contributed by atoms with Gasteiger partial charge in [-0.05, 0) is 26.0 Å². The van der Waals surface area contributed by atoms with Crippen LogP contribution >= 0.6 is 0 Å². The van der Waals surface area contributed by atoms with Crippen LogP contribution < -0.4 is 0 Å². The second-order valence-corrected chi connectivity index (χ2v) is 7.70. The lowest BCUT2D eigenvalue weighted by Crippen LogP contribution is -2.57. The zero-order valence-electron chi connectivity index (χ0n) is 12.3. The summed E-state index contributed by atoms with van der Waals surface area (Å²) in [5.74, 6) is 0.485. The number of furan rings is 1. The van der Waals surface area contributed by atoms with Gasteiger partial charge in [-0.3, -0.25) is 4.79 Å². The van der Waals surface area contributed by atoms with Crippen LogP contribution in [0.5, 0.6) is 0 Å². The van der Waals surface area contributed by atoms with E-state index in [1.165, 1.54) is 11.2 Å². The van der Waals surface area contributed by atoms with Crippen molar-refractivity contribution >= 4 is 15.7 Å². The van der Waals surface area contributed by atoms with Crippen molar-refractivity contribution in [2.45, 2.75) is 24.9 Å². The van der Waals surface area contributed by atoms with Crippen LogP contribution in [-0.4, -0.2) is 42.7 Å². The second kappa shape index (κ2) is 5.28. The molecule has 3 rings (SSSR count). The Balaban J connectivity index is 1.65. The van der Waals surface area contributed by atoms with Crippen molar-refractivity contribution in [3.8, 4) is 0 Å². The monoisotopic (exact) mass is 324 g/mol. The van der Waals surface area contributed by atoms with Gasteiger partial charge in [0.15, 0.2) is 9.84 Å². The minimum Gasteiger partial charge on any atom is -0.468 e. The number of likely N-dealkylation sites (tertiary alicyclic amines) is 1. The van der Waals surface area contributed by atoms with Gasteiger partial charge in [-0.25, -0.2) is 8.42 Å². The lowest BCUT2D eigenvalue weighted by molar-refractivity contribution is 0.0656. The van der Waals surface area contributed by atoms with E-state index in [1.807, 2.05) is 0 Å². The van der Waals surface area contributed by atoms with Gasteiger partial charge >= 0.3 is 0 Å². The van der Waals surface area contributed by atoms with Gasteiger partial charge in [0.25, 0.3) is 5.91 Å². The van der Waals surface area contributed by atoms with Crippen molar-refractivity contribution in [1.82, 2.24) is 10.1 Å². The van der Waals surface area contributed by atoms with E-state index in [-0.39, 0.29) is 24.7 Å². The van der Waals surface area contributed by atoms with Crippen molar-refractivity contribution in [2.75, 3.05) is 13.1 Å². The summed E-state index contributed by atoms with van der Waals surface area (Å²) in [5, 5.41) is 3.19. The van der Waals surface area contributed by atoms with E-state index in [1.54, 1.807) is 26.0 Å². The number of rotatable bonds is 4. The fourth-order valence-corrected chi connectivity index (χ4v) is 4.10. The molecule has 3 heterocycles. The summed E-state index contributed by atoms with van der Waals surface area (Å²) in [4.78, 5) is 13.8. The van der Waals surface area contributed by atoms with Crippen LogP contribution in [0, 0.1) is 13.8 Å². The molecule has 0 bridgehead atoms. The number of sulfone groups is 1. The lowest BCUT2D eigenvalue weighted by atomic mass is 10.1. The first-order valence-electron chi connectivity index (χ1n) is 6.84. The maximum Gasteiger partial charge on any atom is 0.259 e. The molecule has 0 saturated carbocycles. The third kappa shape index (κ3) is 2.54. The van der Waals surface area contributed by atoms with E-state index in [0.717, 1.165) is 0 Å². The SMILES string of the molecule is Cc1noc(C)c1C(=O)N1CC(S(=O)(=O)Cc2ccco2)C1. The third-order valence-corrected chi connectivity index (χ3v) is 5.81. The van der Waals surface area contributed by atoms with Crippen LogP contribution in [0.2, 0.25) is 0 Å². The van der Waals surface area contributed by atoms with Gasteiger partial charge in [-0.15, -0.1) is 0 Å². The van der Waals surface area contributed by atoms with Crippen molar-refractivity contribution in [3.05, 3.63) is 41.2 Å². The zero-order valence-corrected chi connectivity index (χ0v) is 13.1. The third-order valence-electron chi connectivity index (χ3n) is 3.81. The molecule has 8 heteroatoms. The molecule has 0 atom stereocenters. The molecule has 0 aliphatic carbocycles. The average Bonchev–Trinajstić information content (AvgIpc) is 2.96. The van der Waals surface area contributed by atoms with E-state index < -0.39 is 15.1 Å². The standard InChI is InChI=1S/C14H16N2O5S/c1-9-13(10(2)21-15-9)14(17)16-6-12(7-16)22(18,19)8-11-4-3-5-20-11/h3-5,12H,6-8H2,1-2H3. The highest BCUT2D eigenvalue weighted by atomic mass is 32.2. The highest BCUT2D eigenvalue weighted by Crippen LogP contribution is 2.24. The summed E-state index contributed by atoms with van der Waals surface area (Å²) in [6.45, 7) is 3.73. The van der Waals surface area contributed by atoms with Crippen LogP contribution in [0.4, 0.5) is 0 Å². The van der Waals surface area contributed by atoms with Crippen LogP contribution in [-0.2, 0) is 15.6 Å². The molecule has 1 aliphatic rings. The quantitative estimate of drug-likeness (QED) is 0.842. The first-order chi connectivity index (χ1) is 10.4. The van der Waals surface area contributed by atoms with Gasteiger partial charge in [0, 0.05) is 13.1 Å². The highest BCUT2D eigenvalue weighted by Gasteiger charge is 2.41. The van der Waals surface area contributed by atoms with Crippen LogP contribution in [0.3, 0.4) is 0 Å². The van der Waals surface area contributed by atoms with E-state index in [2.05, 4.69) is 5.16 Å². The number of hydrogen-bond donors (Lipinski definition) is 0. The van der Waals surface area contributed by atoms with E-state index in [0.29, 0.717) is 22.8 Å². The van der Waals surface area contributed by atoms with Crippen molar-refractivity contribution in [2.24, 2.45) is 0 Å². The number of aromatic nitrogens is 1. The number of carbonyl (C=O) groups is 1. The van der Waals surface area contributed by atoms with Gasteiger partial charge in [0.2, 0.25) is 0 Å². The fraction of sp³-hybridized carbons (Fsp3) is 0.429. The minimum absolute atomic E-state index is 0.141. The van der Waals surface area contributed by atoms with Gasteiger partial charge in [0.05, 0.1) is 17.2 Å². The summed E-state index contributed by atoms with van der Waals surface area (Å²) in [7, 11) is -3.33. The molecule has 7 nitrogen and oxygen atoms in total. The smallest absolute Gasteiger partial charge is 0.259 e. The summed E-state index contributed by atoms with van der Waals surface area (Å²) in [5.41, 5.74) is 0.936. The Hall–Kier alpha value is -2.09. The molecule has 2 aromatic rings. The van der Waals surface area contributed by atoms with E-state index in [9.17, 15) is 13.2 Å². The summed E-state index contributed by atoms with van der Waals surface area (Å²) < 4.78 is 34.5. The van der Waals surface area contributed by atoms with Gasteiger partial charge in [-0.1, -0.05) is 5.16 Å². The molecule has 118 valence electrons. The first-order valence-corrected chi connectivity index (χ1v) is 8.56. The second-order valence-electron chi connectivity index (χ2n) is 5.42. The number of amides is 1. The van der Waals surface area contributed by atoms with Crippen molar-refractivity contribution in [1.29, 1.82) is 0 Å². The Morgan fingerprint density at radius 3 is 2.68 bits per heavy atom. The Labute approximate surface area is 127 Å². The molecular formula is C14H16N2O5S. The van der Waals surface area contributed by atoms with Gasteiger partial charge in [0.1, 0.15) is 22.8 Å². The molecule has 2 aromatic heterocycles. The normalized spacial score (nSPS) is 15.8. The van der Waals surface area contributed by atoms with Crippen LogP contribution in [0.1, 0.15) is 27.6 Å². The van der Waals surface area contributed by atoms with Crippen molar-refractivity contribution < 1.29 is 22.2 Å². The molecule has 0 N–H and O–H groups in total. The Morgan fingerprint density at radius 1 is 1.41 bits per heavy atom. The number of carbonyl (C=O) groups excluding carboxylic acids is 1. The maximum atomic E-state index is 12.3. The molecule has 0 unspecified atom stereocenters.